The number of rotatable bonds is 11. The Kier molecular flexibility index (Phi) is 10.5. The van der Waals surface area contributed by atoms with Crippen LogP contribution in [0.5, 0.6) is 5.75 Å². The van der Waals surface area contributed by atoms with Crippen molar-refractivity contribution >= 4 is 0 Å². The molecule has 2 saturated carbocycles. The van der Waals surface area contributed by atoms with Gasteiger partial charge in [0.05, 0.1) is 0 Å². The summed E-state index contributed by atoms with van der Waals surface area (Å²) in [5.74, 6) is -1.56. The third-order valence-electron chi connectivity index (χ3n) is 8.40. The summed E-state index contributed by atoms with van der Waals surface area (Å²) in [6.45, 7) is 6.32. The van der Waals surface area contributed by atoms with Gasteiger partial charge in [-0.2, -0.15) is 0 Å². The van der Waals surface area contributed by atoms with Crippen LogP contribution in [-0.2, 0) is 0 Å². The molecule has 0 spiro atoms. The first kappa shape index (κ1) is 28.0. The lowest BCUT2D eigenvalue weighted by atomic mass is 9.76. The Morgan fingerprint density at radius 1 is 0.829 bits per heavy atom. The zero-order valence-electron chi connectivity index (χ0n) is 21.1. The number of unbranched alkanes of at least 4 members (excludes halogenated alkanes) is 1. The van der Waals surface area contributed by atoms with E-state index in [9.17, 15) is 22.0 Å². The molecule has 0 saturated heterocycles. The van der Waals surface area contributed by atoms with Crippen molar-refractivity contribution in [3.8, 4) is 5.75 Å². The molecular weight excluding hydrogens is 459 g/mol. The van der Waals surface area contributed by atoms with Crippen molar-refractivity contribution in [1.82, 2.24) is 0 Å². The lowest BCUT2D eigenvalue weighted by Crippen LogP contribution is -2.19. The number of benzene rings is 1. The van der Waals surface area contributed by atoms with Crippen LogP contribution in [0.2, 0.25) is 0 Å². The maximum Gasteiger partial charge on any atom is 0.573 e. The highest BCUT2D eigenvalue weighted by atomic mass is 19.4. The predicted octanol–water partition coefficient (Wildman–Crippen LogP) is 10.3. The van der Waals surface area contributed by atoms with Crippen LogP contribution in [0.15, 0.2) is 24.3 Å². The number of hydrogen-bond acceptors (Lipinski definition) is 1. The van der Waals surface area contributed by atoms with Crippen LogP contribution in [-0.4, -0.2) is 6.36 Å². The van der Waals surface area contributed by atoms with Crippen molar-refractivity contribution in [1.29, 1.82) is 0 Å². The standard InChI is InChI=1S/C29H41F5O/c1-3-20(2)8-9-23-12-10-21(11-13-23)6-4-5-7-22-14-16-24(17-15-22)25-18-26(30)28(27(31)19-25)35-29(32,33)34/h18-19,21-24H,2-17H2,1H3. The third-order valence-corrected chi connectivity index (χ3v) is 8.40. The number of ether oxygens (including phenoxy) is 1. The van der Waals surface area contributed by atoms with E-state index >= 15 is 0 Å². The zero-order valence-corrected chi connectivity index (χ0v) is 21.1. The summed E-state index contributed by atoms with van der Waals surface area (Å²) in [6, 6.07) is 2.01. The Morgan fingerprint density at radius 3 is 1.74 bits per heavy atom. The molecule has 0 heterocycles. The van der Waals surface area contributed by atoms with Gasteiger partial charge in [0.15, 0.2) is 11.6 Å². The number of alkyl halides is 3. The molecule has 0 radical (unpaired) electrons. The molecule has 1 aromatic carbocycles. The summed E-state index contributed by atoms with van der Waals surface area (Å²) in [6.07, 6.45) is 12.6. The summed E-state index contributed by atoms with van der Waals surface area (Å²) in [7, 11) is 0. The van der Waals surface area contributed by atoms with Gasteiger partial charge in [0.2, 0.25) is 5.75 Å². The quantitative estimate of drug-likeness (QED) is 0.167. The minimum Gasteiger partial charge on any atom is -0.399 e. The molecule has 35 heavy (non-hydrogen) atoms. The molecule has 0 aromatic heterocycles. The summed E-state index contributed by atoms with van der Waals surface area (Å²) >= 11 is 0. The van der Waals surface area contributed by atoms with Gasteiger partial charge in [-0.1, -0.05) is 70.4 Å². The lowest BCUT2D eigenvalue weighted by molar-refractivity contribution is -0.276. The van der Waals surface area contributed by atoms with E-state index in [1.165, 1.54) is 69.8 Å². The highest BCUT2D eigenvalue weighted by Gasteiger charge is 2.34. The average Bonchev–Trinajstić information content (AvgIpc) is 2.83. The molecule has 0 N–H and O–H groups in total. The van der Waals surface area contributed by atoms with E-state index in [0.29, 0.717) is 11.5 Å². The van der Waals surface area contributed by atoms with E-state index in [0.717, 1.165) is 56.1 Å². The molecule has 1 aromatic rings. The smallest absolute Gasteiger partial charge is 0.399 e. The number of allylic oxidation sites excluding steroid dienone is 1. The first-order valence-corrected chi connectivity index (χ1v) is 13.6. The van der Waals surface area contributed by atoms with Crippen LogP contribution in [0.4, 0.5) is 22.0 Å². The maximum atomic E-state index is 14.1. The van der Waals surface area contributed by atoms with Gasteiger partial charge in [0.1, 0.15) is 0 Å². The van der Waals surface area contributed by atoms with Gasteiger partial charge in [-0.3, -0.25) is 0 Å². The highest BCUT2D eigenvalue weighted by Crippen LogP contribution is 2.40. The van der Waals surface area contributed by atoms with E-state index in [1.54, 1.807) is 0 Å². The van der Waals surface area contributed by atoms with Gasteiger partial charge in [-0.15, -0.1) is 13.2 Å². The second-order valence-corrected chi connectivity index (χ2v) is 10.9. The molecule has 1 nitrogen and oxygen atoms in total. The van der Waals surface area contributed by atoms with E-state index in [1.807, 2.05) is 0 Å². The van der Waals surface area contributed by atoms with Gasteiger partial charge in [-0.05, 0) is 86.3 Å². The molecule has 0 unspecified atom stereocenters. The molecule has 2 aliphatic carbocycles. The topological polar surface area (TPSA) is 9.23 Å². The molecule has 6 heteroatoms. The van der Waals surface area contributed by atoms with Crippen molar-refractivity contribution in [2.45, 2.75) is 116 Å². The normalized spacial score (nSPS) is 25.4. The minimum atomic E-state index is -5.12. The number of halogens is 5. The van der Waals surface area contributed by atoms with Crippen molar-refractivity contribution in [2.75, 3.05) is 0 Å². The molecular formula is C29H41F5O. The van der Waals surface area contributed by atoms with E-state index in [-0.39, 0.29) is 5.92 Å². The van der Waals surface area contributed by atoms with E-state index in [4.69, 9.17) is 0 Å². The molecule has 0 atom stereocenters. The van der Waals surface area contributed by atoms with Crippen molar-refractivity contribution in [2.24, 2.45) is 17.8 Å². The highest BCUT2D eigenvalue weighted by molar-refractivity contribution is 5.33. The van der Waals surface area contributed by atoms with E-state index in [2.05, 4.69) is 18.2 Å². The SMILES string of the molecule is C=C(CC)CCC1CCC(CCCCC2CCC(c3cc(F)c(OC(F)(F)F)c(F)c3)CC2)CC1. The van der Waals surface area contributed by atoms with Crippen molar-refractivity contribution in [3.05, 3.63) is 41.5 Å². The Hall–Kier alpha value is -1.59. The first-order chi connectivity index (χ1) is 16.6. The Morgan fingerprint density at radius 2 is 1.29 bits per heavy atom. The minimum absolute atomic E-state index is 0.0140. The zero-order chi connectivity index (χ0) is 25.4. The van der Waals surface area contributed by atoms with Crippen LogP contribution < -0.4 is 4.74 Å². The molecule has 3 rings (SSSR count). The van der Waals surface area contributed by atoms with Crippen LogP contribution in [0.25, 0.3) is 0 Å². The van der Waals surface area contributed by atoms with Gasteiger partial charge in [-0.25, -0.2) is 8.78 Å². The fraction of sp³-hybridized carbons (Fsp3) is 0.724. The summed E-state index contributed by atoms with van der Waals surface area (Å²) in [4.78, 5) is 0. The van der Waals surface area contributed by atoms with Crippen molar-refractivity contribution in [3.63, 3.8) is 0 Å². The summed E-state index contributed by atoms with van der Waals surface area (Å²) in [5.41, 5.74) is 1.82. The van der Waals surface area contributed by atoms with Crippen LogP contribution >= 0.6 is 0 Å². The first-order valence-electron chi connectivity index (χ1n) is 13.6. The summed E-state index contributed by atoms with van der Waals surface area (Å²) < 4.78 is 68.7. The Bertz CT molecular complexity index is 779. The lowest BCUT2D eigenvalue weighted by Gasteiger charge is -2.30. The molecule has 0 amide bonds. The fourth-order valence-electron chi connectivity index (χ4n) is 6.07. The van der Waals surface area contributed by atoms with Gasteiger partial charge in [0.25, 0.3) is 0 Å². The molecule has 2 aliphatic rings. The predicted molar refractivity (Wildman–Crippen MR) is 130 cm³/mol. The molecule has 0 aliphatic heterocycles. The van der Waals surface area contributed by atoms with Gasteiger partial charge < -0.3 is 4.74 Å². The molecule has 0 bridgehead atoms. The Labute approximate surface area is 207 Å². The van der Waals surface area contributed by atoms with Crippen LogP contribution in [0, 0.1) is 29.4 Å². The third kappa shape index (κ3) is 9.09. The van der Waals surface area contributed by atoms with Crippen LogP contribution in [0.3, 0.4) is 0 Å². The van der Waals surface area contributed by atoms with E-state index < -0.39 is 23.7 Å². The molecule has 2 fully saturated rings. The van der Waals surface area contributed by atoms with Crippen molar-refractivity contribution < 1.29 is 26.7 Å². The maximum absolute atomic E-state index is 14.1. The fourth-order valence-corrected chi connectivity index (χ4v) is 6.07. The number of hydrogen-bond donors (Lipinski definition) is 0. The Balaban J connectivity index is 1.32. The monoisotopic (exact) mass is 500 g/mol. The second kappa shape index (κ2) is 13.1. The van der Waals surface area contributed by atoms with Gasteiger partial charge >= 0.3 is 6.36 Å². The average molecular weight is 501 g/mol. The summed E-state index contributed by atoms with van der Waals surface area (Å²) in [5, 5.41) is 0. The van der Waals surface area contributed by atoms with Crippen LogP contribution in [0.1, 0.15) is 115 Å². The second-order valence-electron chi connectivity index (χ2n) is 10.9. The molecule has 198 valence electrons. The largest absolute Gasteiger partial charge is 0.573 e. The van der Waals surface area contributed by atoms with Gasteiger partial charge in [0, 0.05) is 0 Å².